The molecule has 0 unspecified atom stereocenters. The number of benzene rings is 3. The summed E-state index contributed by atoms with van der Waals surface area (Å²) < 4.78 is 35.4. The van der Waals surface area contributed by atoms with Gasteiger partial charge in [0.15, 0.2) is 0 Å². The number of hydrogen-bond donors (Lipinski definition) is 1. The van der Waals surface area contributed by atoms with Crippen molar-refractivity contribution in [1.82, 2.24) is 10.2 Å². The van der Waals surface area contributed by atoms with Gasteiger partial charge in [-0.05, 0) is 100 Å². The number of nitrogens with one attached hydrogen (secondary N) is 1. The molecule has 0 spiro atoms. The number of rotatable bonds is 13. The molecule has 41 heavy (non-hydrogen) atoms. The summed E-state index contributed by atoms with van der Waals surface area (Å²) in [5.74, 6) is -0.263. The largest absolute Gasteiger partial charge is 0.494 e. The molecule has 0 aromatic heterocycles. The molecule has 0 heterocycles. The maximum Gasteiger partial charge on any atom is 0.264 e. The molecule has 1 atom stereocenters. The minimum absolute atomic E-state index is 0.0566. The standard InChI is InChI=1S/C30H36BrN3O5S2/c1-6-39-26-12-10-25(11-13-26)34(41(37,38)28-16-14-27(40-5)15-17-28)20-29(35)33(22(4)30(36)32-21(2)3)19-23-8-7-9-24(31)18-23/h7-18,21-22H,6,19-20H2,1-5H3,(H,32,36)/t22-/m0/s1. The zero-order valence-electron chi connectivity index (χ0n) is 23.8. The van der Waals surface area contributed by atoms with Gasteiger partial charge in [-0.3, -0.25) is 13.9 Å². The Morgan fingerprint density at radius 1 is 1.00 bits per heavy atom. The normalized spacial score (nSPS) is 12.1. The van der Waals surface area contributed by atoms with Crippen molar-refractivity contribution < 1.29 is 22.7 Å². The van der Waals surface area contributed by atoms with E-state index in [-0.39, 0.29) is 23.4 Å². The summed E-state index contributed by atoms with van der Waals surface area (Å²) in [7, 11) is -4.15. The summed E-state index contributed by atoms with van der Waals surface area (Å²) in [5.41, 5.74) is 1.09. The van der Waals surface area contributed by atoms with Crippen LogP contribution in [0.4, 0.5) is 5.69 Å². The van der Waals surface area contributed by atoms with Crippen LogP contribution in [-0.2, 0) is 26.2 Å². The molecule has 3 rings (SSSR count). The lowest BCUT2D eigenvalue weighted by atomic mass is 10.1. The van der Waals surface area contributed by atoms with Gasteiger partial charge in [0.05, 0.1) is 17.2 Å². The summed E-state index contributed by atoms with van der Waals surface area (Å²) in [6.45, 7) is 7.25. The highest BCUT2D eigenvalue weighted by Gasteiger charge is 2.32. The molecule has 3 aromatic carbocycles. The molecular weight excluding hydrogens is 626 g/mol. The molecule has 1 N–H and O–H groups in total. The maximum absolute atomic E-state index is 14.0. The first kappa shape index (κ1) is 32.5. The molecule has 0 fully saturated rings. The average molecular weight is 663 g/mol. The van der Waals surface area contributed by atoms with Crippen molar-refractivity contribution in [2.45, 2.75) is 56.1 Å². The Balaban J connectivity index is 2.04. The van der Waals surface area contributed by atoms with Gasteiger partial charge in [-0.1, -0.05) is 28.1 Å². The fourth-order valence-electron chi connectivity index (χ4n) is 4.10. The predicted molar refractivity (Wildman–Crippen MR) is 168 cm³/mol. The molecular formula is C30H36BrN3O5S2. The van der Waals surface area contributed by atoms with Crippen molar-refractivity contribution >= 4 is 55.2 Å². The number of carbonyl (C=O) groups is 2. The van der Waals surface area contributed by atoms with Gasteiger partial charge in [0.1, 0.15) is 18.3 Å². The van der Waals surface area contributed by atoms with E-state index in [1.807, 2.05) is 51.3 Å². The number of thioether (sulfide) groups is 1. The zero-order valence-corrected chi connectivity index (χ0v) is 27.1. The number of amides is 2. The first-order valence-corrected chi connectivity index (χ1v) is 16.7. The van der Waals surface area contributed by atoms with E-state index < -0.39 is 28.5 Å². The van der Waals surface area contributed by atoms with E-state index >= 15 is 0 Å². The monoisotopic (exact) mass is 661 g/mol. The minimum Gasteiger partial charge on any atom is -0.494 e. The van der Waals surface area contributed by atoms with Crippen LogP contribution in [0.3, 0.4) is 0 Å². The number of ether oxygens (including phenoxy) is 1. The number of hydrogen-bond acceptors (Lipinski definition) is 6. The second kappa shape index (κ2) is 14.7. The Bertz CT molecular complexity index is 1430. The van der Waals surface area contributed by atoms with Crippen LogP contribution >= 0.6 is 27.7 Å². The van der Waals surface area contributed by atoms with E-state index in [0.29, 0.717) is 18.0 Å². The van der Waals surface area contributed by atoms with E-state index in [1.165, 1.54) is 28.8 Å². The summed E-state index contributed by atoms with van der Waals surface area (Å²) in [6.07, 6.45) is 1.91. The minimum atomic E-state index is -4.15. The summed E-state index contributed by atoms with van der Waals surface area (Å²) >= 11 is 4.96. The van der Waals surface area contributed by atoms with Gasteiger partial charge in [0.2, 0.25) is 11.8 Å². The van der Waals surface area contributed by atoms with Crippen LogP contribution in [0, 0.1) is 0 Å². The molecule has 0 radical (unpaired) electrons. The number of nitrogens with zero attached hydrogens (tertiary/aromatic N) is 2. The van der Waals surface area contributed by atoms with Crippen molar-refractivity contribution in [2.75, 3.05) is 23.7 Å². The smallest absolute Gasteiger partial charge is 0.264 e. The van der Waals surface area contributed by atoms with Gasteiger partial charge < -0.3 is 15.0 Å². The topological polar surface area (TPSA) is 96.0 Å². The summed E-state index contributed by atoms with van der Waals surface area (Å²) in [5, 5.41) is 2.86. The van der Waals surface area contributed by atoms with Crippen molar-refractivity contribution in [3.8, 4) is 5.75 Å². The Labute approximate surface area is 255 Å². The van der Waals surface area contributed by atoms with Gasteiger partial charge in [0, 0.05) is 22.0 Å². The molecule has 0 aliphatic heterocycles. The van der Waals surface area contributed by atoms with Gasteiger partial charge >= 0.3 is 0 Å². The third-order valence-electron chi connectivity index (χ3n) is 6.20. The highest BCUT2D eigenvalue weighted by atomic mass is 79.9. The molecule has 0 saturated carbocycles. The van der Waals surface area contributed by atoms with E-state index in [2.05, 4.69) is 21.2 Å². The number of anilines is 1. The van der Waals surface area contributed by atoms with Gasteiger partial charge in [-0.25, -0.2) is 8.42 Å². The van der Waals surface area contributed by atoms with Crippen molar-refractivity contribution in [2.24, 2.45) is 0 Å². The first-order chi connectivity index (χ1) is 19.5. The summed E-state index contributed by atoms with van der Waals surface area (Å²) in [4.78, 5) is 29.4. The van der Waals surface area contributed by atoms with E-state index in [0.717, 1.165) is 19.2 Å². The fourth-order valence-corrected chi connectivity index (χ4v) is 6.37. The van der Waals surface area contributed by atoms with Crippen molar-refractivity contribution in [1.29, 1.82) is 0 Å². The lowest BCUT2D eigenvalue weighted by molar-refractivity contribution is -0.139. The SMILES string of the molecule is CCOc1ccc(N(CC(=O)N(Cc2cccc(Br)c2)[C@@H](C)C(=O)NC(C)C)S(=O)(=O)c2ccc(SC)cc2)cc1. The van der Waals surface area contributed by atoms with Crippen molar-refractivity contribution in [3.05, 3.63) is 82.8 Å². The molecule has 0 bridgehead atoms. The van der Waals surface area contributed by atoms with Crippen LogP contribution in [0.15, 0.2) is 87.1 Å². The van der Waals surface area contributed by atoms with Gasteiger partial charge in [0.25, 0.3) is 10.0 Å². The Hall–Kier alpha value is -3.02. The van der Waals surface area contributed by atoms with Gasteiger partial charge in [-0.2, -0.15) is 0 Å². The van der Waals surface area contributed by atoms with Crippen LogP contribution in [0.1, 0.15) is 33.3 Å². The van der Waals surface area contributed by atoms with E-state index in [1.54, 1.807) is 43.3 Å². The molecule has 2 amide bonds. The summed E-state index contributed by atoms with van der Waals surface area (Å²) in [6, 6.07) is 19.5. The molecule has 11 heteroatoms. The van der Waals surface area contributed by atoms with E-state index in [4.69, 9.17) is 4.74 Å². The lowest BCUT2D eigenvalue weighted by Crippen LogP contribution is -2.52. The third-order valence-corrected chi connectivity index (χ3v) is 9.23. The molecule has 0 aliphatic carbocycles. The second-order valence-electron chi connectivity index (χ2n) is 9.60. The second-order valence-corrected chi connectivity index (χ2v) is 13.3. The molecule has 3 aromatic rings. The fraction of sp³-hybridized carbons (Fsp3) is 0.333. The first-order valence-electron chi connectivity index (χ1n) is 13.2. The molecule has 0 aliphatic rings. The Morgan fingerprint density at radius 2 is 1.66 bits per heavy atom. The number of carbonyl (C=O) groups excluding carboxylic acids is 2. The third kappa shape index (κ3) is 8.73. The number of halogens is 1. The van der Waals surface area contributed by atoms with Crippen LogP contribution in [0.25, 0.3) is 0 Å². The highest BCUT2D eigenvalue weighted by molar-refractivity contribution is 9.10. The van der Waals surface area contributed by atoms with Crippen LogP contribution in [-0.4, -0.2) is 56.6 Å². The van der Waals surface area contributed by atoms with Crippen LogP contribution in [0.2, 0.25) is 0 Å². The molecule has 220 valence electrons. The maximum atomic E-state index is 14.0. The zero-order chi connectivity index (χ0) is 30.2. The quantitative estimate of drug-likeness (QED) is 0.236. The van der Waals surface area contributed by atoms with Crippen LogP contribution in [0.5, 0.6) is 5.75 Å². The Morgan fingerprint density at radius 3 is 2.22 bits per heavy atom. The Kier molecular flexibility index (Phi) is 11.7. The molecule has 8 nitrogen and oxygen atoms in total. The average Bonchev–Trinajstić information content (AvgIpc) is 2.94. The lowest BCUT2D eigenvalue weighted by Gasteiger charge is -2.32. The van der Waals surface area contributed by atoms with E-state index in [9.17, 15) is 18.0 Å². The van der Waals surface area contributed by atoms with Crippen LogP contribution < -0.4 is 14.4 Å². The number of sulfonamides is 1. The van der Waals surface area contributed by atoms with Crippen molar-refractivity contribution in [3.63, 3.8) is 0 Å². The molecule has 0 saturated heterocycles. The predicted octanol–water partition coefficient (Wildman–Crippen LogP) is 5.71. The van der Waals surface area contributed by atoms with Gasteiger partial charge in [-0.15, -0.1) is 11.8 Å². The highest BCUT2D eigenvalue weighted by Crippen LogP contribution is 2.28.